The van der Waals surface area contributed by atoms with E-state index in [0.29, 0.717) is 37.4 Å². The summed E-state index contributed by atoms with van der Waals surface area (Å²) in [4.78, 5) is 33.5. The molecule has 0 unspecified atom stereocenters. The number of piperidine rings is 1. The molecule has 4 rings (SSSR count). The van der Waals surface area contributed by atoms with Crippen LogP contribution in [0.25, 0.3) is 11.3 Å². The zero-order chi connectivity index (χ0) is 25.8. The van der Waals surface area contributed by atoms with Crippen molar-refractivity contribution >= 4 is 35.6 Å². The zero-order valence-electron chi connectivity index (χ0n) is 20.7. The molecule has 3 N–H and O–H groups in total. The quantitative estimate of drug-likeness (QED) is 0.239. The molecular weight excluding hydrogens is 474 g/mol. The number of nitrogens with one attached hydrogen (secondary N) is 2. The van der Waals surface area contributed by atoms with Gasteiger partial charge in [-0.05, 0) is 69.3 Å². The van der Waals surface area contributed by atoms with Crippen molar-refractivity contribution in [2.45, 2.75) is 30.8 Å². The Balaban J connectivity index is 0.00000115. The van der Waals surface area contributed by atoms with Gasteiger partial charge in [0, 0.05) is 53.3 Å². The maximum atomic E-state index is 12.7. The molecule has 2 aromatic carbocycles. The number of aromatic nitrogens is 2. The minimum absolute atomic E-state index is 0.000681. The maximum absolute atomic E-state index is 12.7. The molecule has 9 heteroatoms. The number of carbonyl (C=O) groups excluding carboxylic acids is 2. The molecule has 0 bridgehead atoms. The molecule has 0 radical (unpaired) electrons. The van der Waals surface area contributed by atoms with Crippen LogP contribution < -0.4 is 10.6 Å². The van der Waals surface area contributed by atoms with Crippen LogP contribution >= 0.6 is 11.8 Å². The SMILES string of the molecule is CC=O.CNCCSc1ccc(-c2ccnc(Nc3ccc(C(=O)N4CCC(O)CC4)cc3)n2)cc1. The van der Waals surface area contributed by atoms with E-state index in [1.165, 1.54) is 11.8 Å². The van der Waals surface area contributed by atoms with Gasteiger partial charge in [-0.1, -0.05) is 12.1 Å². The molecule has 0 aliphatic carbocycles. The van der Waals surface area contributed by atoms with Crippen LogP contribution in [0.1, 0.15) is 30.1 Å². The molecule has 1 aromatic heterocycles. The molecule has 0 saturated carbocycles. The third-order valence-corrected chi connectivity index (χ3v) is 6.58. The van der Waals surface area contributed by atoms with Crippen molar-refractivity contribution in [2.24, 2.45) is 0 Å². The number of aliphatic hydroxyl groups excluding tert-OH is 1. The number of hydrogen-bond acceptors (Lipinski definition) is 8. The third kappa shape index (κ3) is 8.15. The van der Waals surface area contributed by atoms with Crippen molar-refractivity contribution in [3.8, 4) is 11.3 Å². The van der Waals surface area contributed by atoms with Crippen LogP contribution in [-0.2, 0) is 4.79 Å². The number of rotatable bonds is 8. The Morgan fingerprint density at radius 3 is 2.42 bits per heavy atom. The Bertz CT molecular complexity index is 1100. The number of nitrogens with zero attached hydrogens (tertiary/aromatic N) is 3. The highest BCUT2D eigenvalue weighted by Gasteiger charge is 2.22. The first kappa shape index (κ1) is 27.3. The van der Waals surface area contributed by atoms with Gasteiger partial charge < -0.3 is 25.4 Å². The molecule has 1 aliphatic rings. The molecule has 1 aliphatic heterocycles. The highest BCUT2D eigenvalue weighted by molar-refractivity contribution is 7.99. The first-order valence-corrected chi connectivity index (χ1v) is 13.0. The lowest BCUT2D eigenvalue weighted by atomic mass is 10.1. The number of carbonyl (C=O) groups is 2. The van der Waals surface area contributed by atoms with Gasteiger partial charge in [-0.25, -0.2) is 9.97 Å². The molecule has 1 saturated heterocycles. The summed E-state index contributed by atoms with van der Waals surface area (Å²) >= 11 is 1.82. The van der Waals surface area contributed by atoms with Crippen molar-refractivity contribution in [1.29, 1.82) is 0 Å². The van der Waals surface area contributed by atoms with Gasteiger partial charge in [0.2, 0.25) is 5.95 Å². The number of anilines is 2. The standard InChI is InChI=1S/C25H29N5O2S.C2H4O/c1-26-14-17-33-22-8-4-18(5-9-22)23-10-13-27-25(29-23)28-20-6-2-19(3-7-20)24(32)30-15-11-21(31)12-16-30;1-2-3/h2-10,13,21,26,31H,11-12,14-17H2,1H3,(H,27,28,29);2H,1H3. The van der Waals surface area contributed by atoms with E-state index in [1.807, 2.05) is 49.1 Å². The number of amides is 1. The number of aldehydes is 1. The zero-order valence-corrected chi connectivity index (χ0v) is 21.5. The predicted molar refractivity (Wildman–Crippen MR) is 145 cm³/mol. The van der Waals surface area contributed by atoms with Gasteiger partial charge in [-0.3, -0.25) is 4.79 Å². The Labute approximate surface area is 216 Å². The minimum Gasteiger partial charge on any atom is -0.393 e. The predicted octanol–water partition coefficient (Wildman–Crippen LogP) is 4.00. The summed E-state index contributed by atoms with van der Waals surface area (Å²) in [6.07, 6.45) is 3.47. The molecule has 190 valence electrons. The average Bonchev–Trinajstić information content (AvgIpc) is 2.90. The lowest BCUT2D eigenvalue weighted by Crippen LogP contribution is -2.40. The largest absolute Gasteiger partial charge is 0.393 e. The summed E-state index contributed by atoms with van der Waals surface area (Å²) in [5.41, 5.74) is 3.33. The molecule has 8 nitrogen and oxygen atoms in total. The second-order valence-electron chi connectivity index (χ2n) is 8.20. The lowest BCUT2D eigenvalue weighted by Gasteiger charge is -2.29. The first-order valence-electron chi connectivity index (χ1n) is 12.0. The van der Waals surface area contributed by atoms with Gasteiger partial charge in [0.15, 0.2) is 0 Å². The molecular formula is C27H33N5O3S. The van der Waals surface area contributed by atoms with Crippen molar-refractivity contribution in [1.82, 2.24) is 20.2 Å². The highest BCUT2D eigenvalue weighted by Crippen LogP contribution is 2.24. The normalized spacial score (nSPS) is 13.5. The van der Waals surface area contributed by atoms with Crippen LogP contribution in [0, 0.1) is 0 Å². The van der Waals surface area contributed by atoms with Crippen LogP contribution in [-0.4, -0.2) is 70.7 Å². The second-order valence-corrected chi connectivity index (χ2v) is 9.37. The van der Waals surface area contributed by atoms with Crippen LogP contribution in [0.15, 0.2) is 65.7 Å². The molecule has 0 spiro atoms. The fraction of sp³-hybridized carbons (Fsp3) is 0.333. The van der Waals surface area contributed by atoms with E-state index in [-0.39, 0.29) is 12.0 Å². The van der Waals surface area contributed by atoms with E-state index in [0.717, 1.165) is 35.5 Å². The topological polar surface area (TPSA) is 107 Å². The van der Waals surface area contributed by atoms with Crippen LogP contribution in [0.4, 0.5) is 11.6 Å². The smallest absolute Gasteiger partial charge is 0.253 e. The Morgan fingerprint density at radius 1 is 1.11 bits per heavy atom. The third-order valence-electron chi connectivity index (χ3n) is 5.57. The minimum atomic E-state index is -0.295. The van der Waals surface area contributed by atoms with Crippen LogP contribution in [0.5, 0.6) is 0 Å². The summed E-state index contributed by atoms with van der Waals surface area (Å²) < 4.78 is 0. The fourth-order valence-electron chi connectivity index (χ4n) is 3.65. The van der Waals surface area contributed by atoms with Gasteiger partial charge in [0.25, 0.3) is 5.91 Å². The summed E-state index contributed by atoms with van der Waals surface area (Å²) in [6.45, 7) is 3.61. The molecule has 3 aromatic rings. The van der Waals surface area contributed by atoms with Crippen molar-refractivity contribution in [3.63, 3.8) is 0 Å². The van der Waals surface area contributed by atoms with Gasteiger partial charge in [-0.15, -0.1) is 11.8 Å². The van der Waals surface area contributed by atoms with Crippen molar-refractivity contribution in [3.05, 3.63) is 66.4 Å². The first-order chi connectivity index (χ1) is 17.5. The summed E-state index contributed by atoms with van der Waals surface area (Å²) in [5, 5.41) is 16.0. The summed E-state index contributed by atoms with van der Waals surface area (Å²) in [5.74, 6) is 1.53. The van der Waals surface area contributed by atoms with Gasteiger partial charge in [0.1, 0.15) is 6.29 Å². The molecule has 1 amide bonds. The summed E-state index contributed by atoms with van der Waals surface area (Å²) in [7, 11) is 1.96. The van der Waals surface area contributed by atoms with Crippen LogP contribution in [0.2, 0.25) is 0 Å². The Kier molecular flexibility index (Phi) is 10.9. The van der Waals surface area contributed by atoms with E-state index in [4.69, 9.17) is 4.79 Å². The van der Waals surface area contributed by atoms with Crippen LogP contribution in [0.3, 0.4) is 0 Å². The van der Waals surface area contributed by atoms with Gasteiger partial charge in [0.05, 0.1) is 11.8 Å². The second kappa shape index (κ2) is 14.3. The monoisotopic (exact) mass is 507 g/mol. The van der Waals surface area contributed by atoms with E-state index in [2.05, 4.69) is 44.9 Å². The van der Waals surface area contributed by atoms with E-state index in [1.54, 1.807) is 11.1 Å². The Hall–Kier alpha value is -3.27. The van der Waals surface area contributed by atoms with Crippen molar-refractivity contribution < 1.29 is 14.7 Å². The number of thioether (sulfide) groups is 1. The number of likely N-dealkylation sites (tertiary alicyclic amines) is 1. The molecule has 2 heterocycles. The molecule has 36 heavy (non-hydrogen) atoms. The fourth-order valence-corrected chi connectivity index (χ4v) is 4.52. The van der Waals surface area contributed by atoms with E-state index in [9.17, 15) is 9.90 Å². The lowest BCUT2D eigenvalue weighted by molar-refractivity contribution is -0.106. The summed E-state index contributed by atoms with van der Waals surface area (Å²) in [6, 6.07) is 17.6. The molecule has 1 fully saturated rings. The number of benzene rings is 2. The average molecular weight is 508 g/mol. The number of aliphatic hydroxyl groups is 1. The molecule has 0 atom stereocenters. The van der Waals surface area contributed by atoms with Gasteiger partial charge >= 0.3 is 0 Å². The van der Waals surface area contributed by atoms with E-state index < -0.39 is 0 Å². The Morgan fingerprint density at radius 2 is 1.78 bits per heavy atom. The van der Waals surface area contributed by atoms with Gasteiger partial charge in [-0.2, -0.15) is 0 Å². The maximum Gasteiger partial charge on any atom is 0.253 e. The van der Waals surface area contributed by atoms with E-state index >= 15 is 0 Å². The number of hydrogen-bond donors (Lipinski definition) is 3. The van der Waals surface area contributed by atoms with Crippen molar-refractivity contribution in [2.75, 3.05) is 37.8 Å². The highest BCUT2D eigenvalue weighted by atomic mass is 32.2.